The third-order valence-electron chi connectivity index (χ3n) is 2.90. The summed E-state index contributed by atoms with van der Waals surface area (Å²) in [6.07, 6.45) is 2.63. The summed E-state index contributed by atoms with van der Waals surface area (Å²) in [6, 6.07) is 0. The van der Waals surface area contributed by atoms with Crippen molar-refractivity contribution in [3.05, 3.63) is 29.0 Å². The van der Waals surface area contributed by atoms with E-state index in [0.717, 1.165) is 12.0 Å². The molecule has 0 aliphatic rings. The second-order valence-electron chi connectivity index (χ2n) is 4.94. The van der Waals surface area contributed by atoms with Crippen LogP contribution in [0.2, 0.25) is 0 Å². The van der Waals surface area contributed by atoms with Crippen molar-refractivity contribution in [2.75, 3.05) is 0 Å². The fourth-order valence-corrected chi connectivity index (χ4v) is 2.18. The van der Waals surface area contributed by atoms with Gasteiger partial charge in [0.25, 0.3) is 0 Å². The molecule has 0 saturated carbocycles. The zero-order valence-corrected chi connectivity index (χ0v) is 11.1. The molecule has 0 bridgehead atoms. The van der Waals surface area contributed by atoms with E-state index in [9.17, 15) is 9.90 Å². The third kappa shape index (κ3) is 1.96. The van der Waals surface area contributed by atoms with E-state index in [1.807, 2.05) is 0 Å². The van der Waals surface area contributed by atoms with Crippen LogP contribution in [0.5, 0.6) is 0 Å². The standard InChI is InChI=1S/C13H17N3O2/c1-7(2)5-10-6-14-9(4)16-11(13(17)18)8(3)15-12(10)16/h6-7H,5H2,1-4H3,(H,17,18). The van der Waals surface area contributed by atoms with Crippen LogP contribution in [-0.4, -0.2) is 25.4 Å². The maximum atomic E-state index is 11.3. The van der Waals surface area contributed by atoms with Gasteiger partial charge in [-0.05, 0) is 26.2 Å². The average molecular weight is 247 g/mol. The number of nitrogens with zero attached hydrogens (tertiary/aromatic N) is 3. The number of carboxylic acids is 1. The molecule has 0 saturated heterocycles. The highest BCUT2D eigenvalue weighted by atomic mass is 16.4. The van der Waals surface area contributed by atoms with Gasteiger partial charge in [-0.3, -0.25) is 4.40 Å². The summed E-state index contributed by atoms with van der Waals surface area (Å²) in [5.74, 6) is 0.158. The van der Waals surface area contributed by atoms with Gasteiger partial charge in [-0.25, -0.2) is 14.8 Å². The number of aromatic carboxylic acids is 1. The number of carbonyl (C=O) groups is 1. The molecule has 0 aliphatic heterocycles. The van der Waals surface area contributed by atoms with Crippen molar-refractivity contribution in [2.24, 2.45) is 5.92 Å². The van der Waals surface area contributed by atoms with E-state index in [4.69, 9.17) is 0 Å². The summed E-state index contributed by atoms with van der Waals surface area (Å²) in [4.78, 5) is 20.0. The Morgan fingerprint density at radius 3 is 2.67 bits per heavy atom. The Balaban J connectivity index is 2.76. The second-order valence-corrected chi connectivity index (χ2v) is 4.94. The fourth-order valence-electron chi connectivity index (χ4n) is 2.18. The summed E-state index contributed by atoms with van der Waals surface area (Å²) < 4.78 is 1.63. The molecule has 0 spiro atoms. The van der Waals surface area contributed by atoms with Gasteiger partial charge in [0.15, 0.2) is 5.69 Å². The van der Waals surface area contributed by atoms with Gasteiger partial charge in [-0.15, -0.1) is 0 Å². The van der Waals surface area contributed by atoms with Crippen molar-refractivity contribution >= 4 is 11.6 Å². The van der Waals surface area contributed by atoms with Crippen LogP contribution >= 0.6 is 0 Å². The monoisotopic (exact) mass is 247 g/mol. The zero-order valence-electron chi connectivity index (χ0n) is 11.1. The third-order valence-corrected chi connectivity index (χ3v) is 2.90. The number of aromatic nitrogens is 3. The molecule has 1 N–H and O–H groups in total. The predicted octanol–water partition coefficient (Wildman–Crippen LogP) is 2.24. The fraction of sp³-hybridized carbons (Fsp3) is 0.462. The second kappa shape index (κ2) is 4.40. The number of rotatable bonds is 3. The normalized spacial score (nSPS) is 11.4. The van der Waals surface area contributed by atoms with E-state index in [2.05, 4.69) is 23.8 Å². The van der Waals surface area contributed by atoms with Crippen molar-refractivity contribution < 1.29 is 9.90 Å². The van der Waals surface area contributed by atoms with Crippen LogP contribution in [0.25, 0.3) is 5.65 Å². The number of hydrogen-bond donors (Lipinski definition) is 1. The summed E-state index contributed by atoms with van der Waals surface area (Å²) in [5.41, 5.74) is 2.45. The maximum absolute atomic E-state index is 11.3. The molecule has 5 heteroatoms. The molecule has 2 aromatic rings. The van der Waals surface area contributed by atoms with Crippen LogP contribution in [0.4, 0.5) is 0 Å². The van der Waals surface area contributed by atoms with E-state index in [1.165, 1.54) is 0 Å². The topological polar surface area (TPSA) is 67.5 Å². The van der Waals surface area contributed by atoms with Gasteiger partial charge in [-0.2, -0.15) is 0 Å². The Hall–Kier alpha value is -1.91. The Morgan fingerprint density at radius 1 is 1.44 bits per heavy atom. The highest BCUT2D eigenvalue weighted by molar-refractivity contribution is 5.88. The molecule has 0 aliphatic carbocycles. The SMILES string of the molecule is Cc1nc2c(CC(C)C)cnc(C)n2c1C(=O)O. The molecule has 0 atom stereocenters. The van der Waals surface area contributed by atoms with E-state index >= 15 is 0 Å². The van der Waals surface area contributed by atoms with Gasteiger partial charge >= 0.3 is 5.97 Å². The van der Waals surface area contributed by atoms with E-state index in [-0.39, 0.29) is 5.69 Å². The number of carboxylic acid groups (broad SMARTS) is 1. The Morgan fingerprint density at radius 2 is 2.11 bits per heavy atom. The maximum Gasteiger partial charge on any atom is 0.354 e. The summed E-state index contributed by atoms with van der Waals surface area (Å²) in [7, 11) is 0. The lowest BCUT2D eigenvalue weighted by Crippen LogP contribution is -2.09. The molecule has 18 heavy (non-hydrogen) atoms. The lowest BCUT2D eigenvalue weighted by atomic mass is 10.1. The van der Waals surface area contributed by atoms with Crippen LogP contribution in [0.1, 0.15) is 41.4 Å². The number of aryl methyl sites for hydroxylation is 2. The quantitative estimate of drug-likeness (QED) is 0.903. The highest BCUT2D eigenvalue weighted by Crippen LogP contribution is 2.19. The van der Waals surface area contributed by atoms with Gasteiger partial charge in [0.1, 0.15) is 11.5 Å². The van der Waals surface area contributed by atoms with Gasteiger partial charge in [0.2, 0.25) is 0 Å². The minimum absolute atomic E-state index is 0.209. The van der Waals surface area contributed by atoms with Crippen LogP contribution in [-0.2, 0) is 6.42 Å². The van der Waals surface area contributed by atoms with Crippen molar-refractivity contribution in [3.63, 3.8) is 0 Å². The molecular weight excluding hydrogens is 230 g/mol. The average Bonchev–Trinajstić information content (AvgIpc) is 2.60. The highest BCUT2D eigenvalue weighted by Gasteiger charge is 2.19. The predicted molar refractivity (Wildman–Crippen MR) is 68.0 cm³/mol. The van der Waals surface area contributed by atoms with Crippen molar-refractivity contribution in [3.8, 4) is 0 Å². The Bertz CT molecular complexity index is 614. The first-order chi connectivity index (χ1) is 8.41. The molecule has 5 nitrogen and oxygen atoms in total. The zero-order chi connectivity index (χ0) is 13.4. The molecule has 0 aromatic carbocycles. The van der Waals surface area contributed by atoms with Gasteiger partial charge in [0.05, 0.1) is 5.69 Å². The number of hydrogen-bond acceptors (Lipinski definition) is 3. The van der Waals surface area contributed by atoms with Gasteiger partial charge < -0.3 is 5.11 Å². The molecule has 0 radical (unpaired) electrons. The molecule has 96 valence electrons. The number of fused-ring (bicyclic) bond motifs is 1. The van der Waals surface area contributed by atoms with Gasteiger partial charge in [0, 0.05) is 11.8 Å². The first-order valence-corrected chi connectivity index (χ1v) is 5.98. The minimum atomic E-state index is -0.966. The van der Waals surface area contributed by atoms with Gasteiger partial charge in [-0.1, -0.05) is 13.8 Å². The van der Waals surface area contributed by atoms with E-state index < -0.39 is 5.97 Å². The molecule has 0 fully saturated rings. The molecule has 2 rings (SSSR count). The smallest absolute Gasteiger partial charge is 0.354 e. The lowest BCUT2D eigenvalue weighted by molar-refractivity contribution is 0.0688. The Kier molecular flexibility index (Phi) is 3.07. The minimum Gasteiger partial charge on any atom is -0.477 e. The first-order valence-electron chi connectivity index (χ1n) is 5.98. The van der Waals surface area contributed by atoms with Crippen molar-refractivity contribution in [1.29, 1.82) is 0 Å². The van der Waals surface area contributed by atoms with Crippen LogP contribution in [0.15, 0.2) is 6.20 Å². The first kappa shape index (κ1) is 12.5. The number of imidazole rings is 1. The molecule has 2 aromatic heterocycles. The van der Waals surface area contributed by atoms with E-state index in [1.54, 1.807) is 24.4 Å². The molecule has 2 heterocycles. The van der Waals surface area contributed by atoms with E-state index in [0.29, 0.717) is 23.1 Å². The van der Waals surface area contributed by atoms with Crippen molar-refractivity contribution in [1.82, 2.24) is 14.4 Å². The summed E-state index contributed by atoms with van der Waals surface area (Å²) in [5, 5.41) is 9.26. The molecule has 0 unspecified atom stereocenters. The van der Waals surface area contributed by atoms with Crippen LogP contribution < -0.4 is 0 Å². The molecule has 0 amide bonds. The van der Waals surface area contributed by atoms with Crippen LogP contribution in [0, 0.1) is 19.8 Å². The lowest BCUT2D eigenvalue weighted by Gasteiger charge is -2.08. The summed E-state index contributed by atoms with van der Waals surface area (Å²) in [6.45, 7) is 7.74. The summed E-state index contributed by atoms with van der Waals surface area (Å²) >= 11 is 0. The van der Waals surface area contributed by atoms with Crippen molar-refractivity contribution in [2.45, 2.75) is 34.1 Å². The largest absolute Gasteiger partial charge is 0.477 e. The van der Waals surface area contributed by atoms with Crippen LogP contribution in [0.3, 0.4) is 0 Å². The Labute approximate surface area is 105 Å². The molecular formula is C13H17N3O2.